The number of hydrogen-bond acceptors (Lipinski definition) is 3. The van der Waals surface area contributed by atoms with Gasteiger partial charge in [-0.3, -0.25) is 0 Å². The van der Waals surface area contributed by atoms with Crippen molar-refractivity contribution in [1.29, 1.82) is 0 Å². The molecule has 0 aliphatic carbocycles. The number of halogens is 1. The van der Waals surface area contributed by atoms with Gasteiger partial charge < -0.3 is 10.2 Å². The molecule has 3 rings (SSSR count). The molecule has 2 N–H and O–H groups in total. The first-order valence-corrected chi connectivity index (χ1v) is 6.64. The van der Waals surface area contributed by atoms with Crippen molar-refractivity contribution in [3.05, 3.63) is 77.3 Å². The van der Waals surface area contributed by atoms with Crippen LogP contribution in [0.5, 0.6) is 0 Å². The largest absolute Gasteiger partial charge is 0.439 e. The highest BCUT2D eigenvalue weighted by atomic mass is 35.5. The third kappa shape index (κ3) is 2.59. The van der Waals surface area contributed by atoms with E-state index < -0.39 is 0 Å². The molecule has 20 heavy (non-hydrogen) atoms. The van der Waals surface area contributed by atoms with Crippen LogP contribution >= 0.6 is 11.6 Å². The topological polar surface area (TPSA) is 52.0 Å². The van der Waals surface area contributed by atoms with E-state index in [4.69, 9.17) is 21.8 Å². The van der Waals surface area contributed by atoms with E-state index in [9.17, 15) is 0 Å². The van der Waals surface area contributed by atoms with Gasteiger partial charge in [-0.1, -0.05) is 41.9 Å². The second-order valence-corrected chi connectivity index (χ2v) is 4.89. The standard InChI is InChI=1S/C16H13ClN2O/c17-13-8-6-11(7-9-13)14-10-19-16(20-14)15(18)12-4-2-1-3-5-12/h1-10,15H,18H2. The van der Waals surface area contributed by atoms with Gasteiger partial charge in [0.05, 0.1) is 6.20 Å². The highest BCUT2D eigenvalue weighted by Crippen LogP contribution is 2.26. The maximum Gasteiger partial charge on any atom is 0.216 e. The highest BCUT2D eigenvalue weighted by Gasteiger charge is 2.15. The van der Waals surface area contributed by atoms with Gasteiger partial charge in [-0.25, -0.2) is 4.98 Å². The SMILES string of the molecule is NC(c1ccccc1)c1ncc(-c2ccc(Cl)cc2)o1. The van der Waals surface area contributed by atoms with Crippen molar-refractivity contribution in [2.45, 2.75) is 6.04 Å². The van der Waals surface area contributed by atoms with E-state index in [1.54, 1.807) is 6.20 Å². The molecular weight excluding hydrogens is 272 g/mol. The Morgan fingerprint density at radius 1 is 1.00 bits per heavy atom. The van der Waals surface area contributed by atoms with Gasteiger partial charge in [0.2, 0.25) is 5.89 Å². The Morgan fingerprint density at radius 3 is 2.40 bits per heavy atom. The number of benzene rings is 2. The summed E-state index contributed by atoms with van der Waals surface area (Å²) in [6.07, 6.45) is 1.68. The van der Waals surface area contributed by atoms with Crippen LogP contribution in [0.25, 0.3) is 11.3 Å². The van der Waals surface area contributed by atoms with Crippen molar-refractivity contribution in [2.24, 2.45) is 5.73 Å². The Bertz CT molecular complexity index is 692. The minimum atomic E-state index is -0.364. The molecule has 1 aromatic heterocycles. The highest BCUT2D eigenvalue weighted by molar-refractivity contribution is 6.30. The molecule has 0 fully saturated rings. The summed E-state index contributed by atoms with van der Waals surface area (Å²) in [7, 11) is 0. The number of nitrogens with zero attached hydrogens (tertiary/aromatic N) is 1. The zero-order valence-electron chi connectivity index (χ0n) is 10.7. The van der Waals surface area contributed by atoms with E-state index in [1.807, 2.05) is 54.6 Å². The van der Waals surface area contributed by atoms with Gasteiger partial charge >= 0.3 is 0 Å². The van der Waals surface area contributed by atoms with Gasteiger partial charge in [0.25, 0.3) is 0 Å². The van der Waals surface area contributed by atoms with Crippen LogP contribution in [0.15, 0.2) is 65.2 Å². The fourth-order valence-corrected chi connectivity index (χ4v) is 2.11. The monoisotopic (exact) mass is 284 g/mol. The first kappa shape index (κ1) is 12.9. The van der Waals surface area contributed by atoms with E-state index in [0.29, 0.717) is 16.7 Å². The number of aromatic nitrogens is 1. The average molecular weight is 285 g/mol. The zero-order chi connectivity index (χ0) is 13.9. The van der Waals surface area contributed by atoms with Gasteiger partial charge in [0.1, 0.15) is 6.04 Å². The van der Waals surface area contributed by atoms with Crippen LogP contribution in [-0.2, 0) is 0 Å². The molecule has 0 saturated carbocycles. The average Bonchev–Trinajstić information content (AvgIpc) is 2.98. The molecular formula is C16H13ClN2O. The van der Waals surface area contributed by atoms with Crippen molar-refractivity contribution in [1.82, 2.24) is 4.98 Å². The van der Waals surface area contributed by atoms with E-state index >= 15 is 0 Å². The minimum absolute atomic E-state index is 0.364. The van der Waals surface area contributed by atoms with Crippen LogP contribution in [0, 0.1) is 0 Å². The third-order valence-electron chi connectivity index (χ3n) is 3.08. The number of nitrogens with two attached hydrogens (primary N) is 1. The molecule has 1 heterocycles. The summed E-state index contributed by atoms with van der Waals surface area (Å²) in [5.74, 6) is 1.18. The number of rotatable bonds is 3. The first-order chi connectivity index (χ1) is 9.74. The van der Waals surface area contributed by atoms with Crippen LogP contribution in [0.3, 0.4) is 0 Å². The molecule has 0 bridgehead atoms. The summed E-state index contributed by atoms with van der Waals surface area (Å²) < 4.78 is 5.75. The number of hydrogen-bond donors (Lipinski definition) is 1. The lowest BCUT2D eigenvalue weighted by Gasteiger charge is -2.07. The van der Waals surface area contributed by atoms with Crippen LogP contribution < -0.4 is 5.73 Å². The molecule has 2 aromatic carbocycles. The second kappa shape index (κ2) is 5.49. The lowest BCUT2D eigenvalue weighted by atomic mass is 10.1. The second-order valence-electron chi connectivity index (χ2n) is 4.46. The zero-order valence-corrected chi connectivity index (χ0v) is 11.4. The Kier molecular flexibility index (Phi) is 3.54. The van der Waals surface area contributed by atoms with Crippen molar-refractivity contribution < 1.29 is 4.42 Å². The van der Waals surface area contributed by atoms with Gasteiger partial charge in [-0.2, -0.15) is 0 Å². The maximum atomic E-state index is 6.15. The maximum absolute atomic E-state index is 6.15. The third-order valence-corrected chi connectivity index (χ3v) is 3.33. The fraction of sp³-hybridized carbons (Fsp3) is 0.0625. The van der Waals surface area contributed by atoms with Gasteiger partial charge in [0.15, 0.2) is 5.76 Å². The van der Waals surface area contributed by atoms with Crippen molar-refractivity contribution in [3.8, 4) is 11.3 Å². The molecule has 0 saturated heterocycles. The van der Waals surface area contributed by atoms with Gasteiger partial charge in [0, 0.05) is 10.6 Å². The molecule has 0 aliphatic rings. The summed E-state index contributed by atoms with van der Waals surface area (Å²) in [5, 5.41) is 0.689. The summed E-state index contributed by atoms with van der Waals surface area (Å²) in [4.78, 5) is 4.27. The number of oxazole rings is 1. The summed E-state index contributed by atoms with van der Waals surface area (Å²) >= 11 is 5.87. The molecule has 1 unspecified atom stereocenters. The van der Waals surface area contributed by atoms with Gasteiger partial charge in [-0.05, 0) is 29.8 Å². The van der Waals surface area contributed by atoms with Crippen molar-refractivity contribution >= 4 is 11.6 Å². The minimum Gasteiger partial charge on any atom is -0.439 e. The molecule has 0 amide bonds. The summed E-state index contributed by atoms with van der Waals surface area (Å²) in [5.41, 5.74) is 8.05. The predicted molar refractivity (Wildman–Crippen MR) is 79.4 cm³/mol. The molecule has 3 nitrogen and oxygen atoms in total. The van der Waals surface area contributed by atoms with E-state index in [2.05, 4.69) is 4.98 Å². The molecule has 0 spiro atoms. The van der Waals surface area contributed by atoms with Gasteiger partial charge in [-0.15, -0.1) is 0 Å². The predicted octanol–water partition coefficient (Wildman–Crippen LogP) is 4.04. The molecule has 4 heteroatoms. The van der Waals surface area contributed by atoms with Crippen molar-refractivity contribution in [2.75, 3.05) is 0 Å². The van der Waals surface area contributed by atoms with Crippen LogP contribution in [0.2, 0.25) is 5.02 Å². The molecule has 1 atom stereocenters. The molecule has 3 aromatic rings. The molecule has 100 valence electrons. The normalized spacial score (nSPS) is 12.3. The summed E-state index contributed by atoms with van der Waals surface area (Å²) in [6.45, 7) is 0. The van der Waals surface area contributed by atoms with E-state index in [1.165, 1.54) is 0 Å². The Labute approximate surface area is 122 Å². The van der Waals surface area contributed by atoms with E-state index in [-0.39, 0.29) is 6.04 Å². The molecule has 0 radical (unpaired) electrons. The first-order valence-electron chi connectivity index (χ1n) is 6.26. The van der Waals surface area contributed by atoms with Crippen LogP contribution in [-0.4, -0.2) is 4.98 Å². The lowest BCUT2D eigenvalue weighted by Crippen LogP contribution is -2.11. The lowest BCUT2D eigenvalue weighted by molar-refractivity contribution is 0.484. The van der Waals surface area contributed by atoms with E-state index in [0.717, 1.165) is 11.1 Å². The van der Waals surface area contributed by atoms with Crippen LogP contribution in [0.4, 0.5) is 0 Å². The Hall–Kier alpha value is -2.10. The Morgan fingerprint density at radius 2 is 1.70 bits per heavy atom. The fourth-order valence-electron chi connectivity index (χ4n) is 1.98. The van der Waals surface area contributed by atoms with Crippen molar-refractivity contribution in [3.63, 3.8) is 0 Å². The quantitative estimate of drug-likeness (QED) is 0.789. The van der Waals surface area contributed by atoms with Crippen LogP contribution in [0.1, 0.15) is 17.5 Å². The summed E-state index contributed by atoms with van der Waals surface area (Å²) in [6, 6.07) is 16.8. The smallest absolute Gasteiger partial charge is 0.216 e. The molecule has 0 aliphatic heterocycles. The Balaban J connectivity index is 1.89.